The molecule has 1 aliphatic rings. The van der Waals surface area contributed by atoms with Gasteiger partial charge in [-0.2, -0.15) is 16.7 Å². The van der Waals surface area contributed by atoms with E-state index in [1.54, 1.807) is 11.3 Å². The van der Waals surface area contributed by atoms with E-state index in [1.165, 1.54) is 16.2 Å². The highest BCUT2D eigenvalue weighted by Gasteiger charge is 2.19. The molecule has 2 aromatic heterocycles. The number of fused-ring (bicyclic) bond motifs is 1. The van der Waals surface area contributed by atoms with Crippen LogP contribution >= 0.6 is 23.1 Å². The van der Waals surface area contributed by atoms with Gasteiger partial charge in [-0.15, -0.1) is 11.3 Å². The van der Waals surface area contributed by atoms with Gasteiger partial charge in [0.2, 0.25) is 0 Å². The second kappa shape index (κ2) is 5.00. The van der Waals surface area contributed by atoms with Crippen LogP contribution < -0.4 is 5.73 Å². The number of aromatic nitrogens is 2. The van der Waals surface area contributed by atoms with Crippen LogP contribution in [-0.4, -0.2) is 27.6 Å². The summed E-state index contributed by atoms with van der Waals surface area (Å²) in [6, 6.07) is 1.54. The molecule has 7 heteroatoms. The summed E-state index contributed by atoms with van der Waals surface area (Å²) < 4.78 is 5.20. The van der Waals surface area contributed by atoms with Crippen molar-refractivity contribution in [3.8, 4) is 10.8 Å². The van der Waals surface area contributed by atoms with E-state index in [0.717, 1.165) is 17.1 Å². The van der Waals surface area contributed by atoms with Gasteiger partial charge in [0.25, 0.3) is 5.89 Å². The maximum absolute atomic E-state index is 8.95. The molecule has 0 saturated carbocycles. The fourth-order valence-electron chi connectivity index (χ4n) is 1.82. The van der Waals surface area contributed by atoms with Gasteiger partial charge >= 0.3 is 0 Å². The second-order valence-corrected chi connectivity index (χ2v) is 6.35. The van der Waals surface area contributed by atoms with Crippen LogP contribution in [0.4, 0.5) is 0 Å². The minimum absolute atomic E-state index is 0.184. The maximum Gasteiger partial charge on any atom is 0.268 e. The quantitative estimate of drug-likeness (QED) is 0.889. The average Bonchev–Trinajstić information content (AvgIpc) is 3.03. The monoisotopic (exact) mass is 283 g/mol. The number of nitrogens with two attached hydrogens (primary N) is 1. The lowest BCUT2D eigenvalue weighted by Gasteiger charge is -2.08. The molecule has 0 radical (unpaired) electrons. The average molecular weight is 283 g/mol. The first-order chi connectivity index (χ1) is 8.78. The first-order valence-corrected chi connectivity index (χ1v) is 7.65. The van der Waals surface area contributed by atoms with E-state index in [-0.39, 0.29) is 6.61 Å². The summed E-state index contributed by atoms with van der Waals surface area (Å²) in [5, 5.41) is 12.8. The van der Waals surface area contributed by atoms with Crippen LogP contribution in [0.5, 0.6) is 0 Å². The Morgan fingerprint density at radius 3 is 3.22 bits per heavy atom. The maximum atomic E-state index is 8.95. The zero-order valence-corrected chi connectivity index (χ0v) is 11.3. The fraction of sp³-hybridized carbons (Fsp3) is 0.455. The topological polar surface area (TPSA) is 85.2 Å². The lowest BCUT2D eigenvalue weighted by Crippen LogP contribution is -2.15. The zero-order valence-electron chi connectivity index (χ0n) is 9.63. The summed E-state index contributed by atoms with van der Waals surface area (Å²) in [5.41, 5.74) is 7.02. The smallest absolute Gasteiger partial charge is 0.268 e. The highest BCUT2D eigenvalue weighted by atomic mass is 32.2. The van der Waals surface area contributed by atoms with Crippen molar-refractivity contribution >= 4 is 23.1 Å². The van der Waals surface area contributed by atoms with Crippen molar-refractivity contribution in [3.63, 3.8) is 0 Å². The van der Waals surface area contributed by atoms with Crippen molar-refractivity contribution in [1.29, 1.82) is 0 Å². The van der Waals surface area contributed by atoms with Gasteiger partial charge in [-0.1, -0.05) is 5.16 Å². The molecule has 1 aliphatic heterocycles. The fourth-order valence-corrected chi connectivity index (χ4v) is 4.11. The number of thiophene rings is 1. The van der Waals surface area contributed by atoms with Crippen LogP contribution in [0.2, 0.25) is 0 Å². The molecule has 0 fully saturated rings. The first-order valence-electron chi connectivity index (χ1n) is 5.67. The van der Waals surface area contributed by atoms with Gasteiger partial charge in [0.15, 0.2) is 5.82 Å². The largest absolute Gasteiger partial charge is 0.394 e. The lowest BCUT2D eigenvalue weighted by molar-refractivity contribution is 0.260. The Hall–Kier alpha value is -0.890. The lowest BCUT2D eigenvalue weighted by atomic mass is 10.2. The number of nitrogens with zero attached hydrogens (tertiary/aromatic N) is 2. The van der Waals surface area contributed by atoms with Gasteiger partial charge in [-0.05, 0) is 23.8 Å². The number of rotatable bonds is 3. The van der Waals surface area contributed by atoms with E-state index < -0.39 is 6.04 Å². The number of hydrogen-bond donors (Lipinski definition) is 2. The predicted molar refractivity (Wildman–Crippen MR) is 71.5 cm³/mol. The second-order valence-electron chi connectivity index (χ2n) is 4.11. The summed E-state index contributed by atoms with van der Waals surface area (Å²) in [4.78, 5) is 6.64. The summed E-state index contributed by atoms with van der Waals surface area (Å²) >= 11 is 3.65. The third kappa shape index (κ3) is 2.18. The summed E-state index contributed by atoms with van der Waals surface area (Å²) in [7, 11) is 0. The molecule has 1 unspecified atom stereocenters. The highest BCUT2D eigenvalue weighted by molar-refractivity contribution is 7.98. The van der Waals surface area contributed by atoms with Crippen molar-refractivity contribution in [3.05, 3.63) is 22.3 Å². The summed E-state index contributed by atoms with van der Waals surface area (Å²) in [5.74, 6) is 3.09. The molecule has 5 nitrogen and oxygen atoms in total. The van der Waals surface area contributed by atoms with Crippen molar-refractivity contribution in [1.82, 2.24) is 10.1 Å². The van der Waals surface area contributed by atoms with Crippen LogP contribution in [0.25, 0.3) is 10.8 Å². The van der Waals surface area contributed by atoms with Gasteiger partial charge in [-0.3, -0.25) is 0 Å². The molecule has 0 spiro atoms. The Morgan fingerprint density at radius 1 is 1.56 bits per heavy atom. The minimum atomic E-state index is -0.576. The third-order valence-electron chi connectivity index (χ3n) is 2.81. The van der Waals surface area contributed by atoms with Crippen molar-refractivity contribution in [2.24, 2.45) is 5.73 Å². The number of aryl methyl sites for hydroxylation is 1. The van der Waals surface area contributed by atoms with Gasteiger partial charge in [0.05, 0.1) is 17.5 Å². The van der Waals surface area contributed by atoms with E-state index in [2.05, 4.69) is 16.2 Å². The number of thioether (sulfide) groups is 1. The van der Waals surface area contributed by atoms with Crippen LogP contribution in [0.3, 0.4) is 0 Å². The summed E-state index contributed by atoms with van der Waals surface area (Å²) in [6.45, 7) is -0.184. The molecular weight excluding hydrogens is 270 g/mol. The van der Waals surface area contributed by atoms with Gasteiger partial charge < -0.3 is 15.4 Å². The van der Waals surface area contributed by atoms with Crippen molar-refractivity contribution < 1.29 is 9.63 Å². The zero-order chi connectivity index (χ0) is 12.5. The van der Waals surface area contributed by atoms with Crippen LogP contribution in [0.15, 0.2) is 10.6 Å². The Morgan fingerprint density at radius 2 is 2.44 bits per heavy atom. The van der Waals surface area contributed by atoms with Gasteiger partial charge in [0, 0.05) is 10.6 Å². The summed E-state index contributed by atoms with van der Waals surface area (Å²) in [6.07, 6.45) is 1.11. The molecule has 3 heterocycles. The van der Waals surface area contributed by atoms with Crippen molar-refractivity contribution in [2.45, 2.75) is 18.2 Å². The molecule has 0 bridgehead atoms. The van der Waals surface area contributed by atoms with Crippen LogP contribution in [0, 0.1) is 0 Å². The SMILES string of the molecule is NC(CO)c1noc(-c2cc3c(s2)CCSC3)n1. The molecule has 0 aromatic carbocycles. The van der Waals surface area contributed by atoms with E-state index in [4.69, 9.17) is 15.4 Å². The molecule has 96 valence electrons. The molecule has 2 aromatic rings. The molecule has 1 atom stereocenters. The molecule has 18 heavy (non-hydrogen) atoms. The standard InChI is InChI=1S/C11H13N3O2S2/c12-7(4-15)10-13-11(16-14-10)9-3-6-5-17-2-1-8(6)18-9/h3,7,15H,1-2,4-5,12H2. The molecule has 0 amide bonds. The first kappa shape index (κ1) is 12.2. The minimum Gasteiger partial charge on any atom is -0.394 e. The van der Waals surface area contributed by atoms with Crippen LogP contribution in [0.1, 0.15) is 22.3 Å². The van der Waals surface area contributed by atoms with E-state index >= 15 is 0 Å². The third-order valence-corrected chi connectivity index (χ3v) is 5.04. The molecule has 0 saturated heterocycles. The normalized spacial score (nSPS) is 16.6. The number of aliphatic hydroxyl groups excluding tert-OH is 1. The Bertz CT molecular complexity index is 529. The van der Waals surface area contributed by atoms with Gasteiger partial charge in [-0.25, -0.2) is 0 Å². The Labute approximate surface area is 112 Å². The van der Waals surface area contributed by atoms with Crippen molar-refractivity contribution in [2.75, 3.05) is 12.4 Å². The predicted octanol–water partition coefficient (Wildman–Crippen LogP) is 1.58. The number of aliphatic hydroxyl groups is 1. The van der Waals surface area contributed by atoms with E-state index in [9.17, 15) is 0 Å². The highest BCUT2D eigenvalue weighted by Crippen LogP contribution is 2.36. The van der Waals surface area contributed by atoms with Crippen LogP contribution in [-0.2, 0) is 12.2 Å². The Kier molecular flexibility index (Phi) is 3.38. The molecular formula is C11H13N3O2S2. The number of hydrogen-bond acceptors (Lipinski definition) is 7. The van der Waals surface area contributed by atoms with Gasteiger partial charge in [0.1, 0.15) is 0 Å². The molecule has 3 N–H and O–H groups in total. The Balaban J connectivity index is 1.90. The molecule has 0 aliphatic carbocycles. The molecule has 3 rings (SSSR count). The van der Waals surface area contributed by atoms with E-state index in [1.807, 2.05) is 11.8 Å². The van der Waals surface area contributed by atoms with E-state index in [0.29, 0.717) is 11.7 Å².